The van der Waals surface area contributed by atoms with Gasteiger partial charge in [0.1, 0.15) is 19.5 Å². The van der Waals surface area contributed by atoms with E-state index in [4.69, 9.17) is 9.47 Å². The van der Waals surface area contributed by atoms with E-state index in [9.17, 15) is 4.79 Å². The Labute approximate surface area is 160 Å². The molecular weight excluding hydrogens is 342 g/mol. The number of ether oxygens (including phenoxy) is 2. The van der Waals surface area contributed by atoms with Crippen molar-refractivity contribution in [2.45, 2.75) is 26.9 Å². The second-order valence-electron chi connectivity index (χ2n) is 5.91. The first-order valence-corrected chi connectivity index (χ1v) is 8.71. The molecule has 0 bridgehead atoms. The highest BCUT2D eigenvalue weighted by atomic mass is 16.6. The van der Waals surface area contributed by atoms with Crippen molar-refractivity contribution in [3.8, 4) is 5.75 Å². The largest absolute Gasteiger partial charge is 0.489 e. The molecule has 5 nitrogen and oxygen atoms in total. The van der Waals surface area contributed by atoms with E-state index in [0.717, 1.165) is 28.0 Å². The predicted molar refractivity (Wildman–Crippen MR) is 107 cm³/mol. The first-order chi connectivity index (χ1) is 13.1. The molecule has 0 heterocycles. The lowest BCUT2D eigenvalue weighted by atomic mass is 10.00. The third-order valence-electron chi connectivity index (χ3n) is 4.13. The first-order valence-electron chi connectivity index (χ1n) is 8.71. The first kappa shape index (κ1) is 20.2. The molecule has 0 saturated heterocycles. The molecule has 0 saturated carbocycles. The Balaban J connectivity index is 2.15. The number of oxime groups is 1. The minimum Gasteiger partial charge on any atom is -0.489 e. The van der Waals surface area contributed by atoms with Crippen LogP contribution in [0.15, 0.2) is 53.7 Å². The van der Waals surface area contributed by atoms with E-state index < -0.39 is 0 Å². The van der Waals surface area contributed by atoms with Crippen LogP contribution in [-0.2, 0) is 27.4 Å². The lowest BCUT2D eigenvalue weighted by Crippen LogP contribution is -2.08. The van der Waals surface area contributed by atoms with Crippen molar-refractivity contribution in [1.29, 1.82) is 0 Å². The number of nitrogens with zero attached hydrogens (tertiary/aromatic N) is 1. The van der Waals surface area contributed by atoms with E-state index in [2.05, 4.69) is 16.1 Å². The van der Waals surface area contributed by atoms with Gasteiger partial charge in [-0.05, 0) is 42.2 Å². The lowest BCUT2D eigenvalue weighted by molar-refractivity contribution is -0.133. The summed E-state index contributed by atoms with van der Waals surface area (Å²) in [5.74, 6) is 0.445. The molecule has 0 aliphatic rings. The van der Waals surface area contributed by atoms with Gasteiger partial charge < -0.3 is 14.3 Å². The molecule has 0 fully saturated rings. The van der Waals surface area contributed by atoms with Crippen molar-refractivity contribution in [3.05, 3.63) is 70.8 Å². The molecule has 2 aromatic rings. The molecular formula is C22H25NO4. The normalized spacial score (nSPS) is 11.5. The van der Waals surface area contributed by atoms with Crippen LogP contribution in [0.4, 0.5) is 0 Å². The smallest absolute Gasteiger partial charge is 0.338 e. The maximum absolute atomic E-state index is 12.0. The lowest BCUT2D eigenvalue weighted by Gasteiger charge is -2.14. The summed E-state index contributed by atoms with van der Waals surface area (Å²) in [4.78, 5) is 16.7. The highest BCUT2D eigenvalue weighted by molar-refractivity contribution is 6.16. The predicted octanol–water partition coefficient (Wildman–Crippen LogP) is 4.33. The van der Waals surface area contributed by atoms with Crippen molar-refractivity contribution in [2.24, 2.45) is 5.16 Å². The molecule has 0 aliphatic carbocycles. The van der Waals surface area contributed by atoms with E-state index in [0.29, 0.717) is 18.6 Å². The number of benzene rings is 2. The summed E-state index contributed by atoms with van der Waals surface area (Å²) in [6, 6.07) is 13.7. The zero-order valence-corrected chi connectivity index (χ0v) is 16.2. The van der Waals surface area contributed by atoms with E-state index in [1.165, 1.54) is 14.2 Å². The van der Waals surface area contributed by atoms with Crippen LogP contribution >= 0.6 is 0 Å². The summed E-state index contributed by atoms with van der Waals surface area (Å²) in [5, 5.41) is 3.75. The average molecular weight is 367 g/mol. The number of esters is 1. The van der Waals surface area contributed by atoms with Crippen LogP contribution in [0.2, 0.25) is 0 Å². The molecule has 0 aromatic heterocycles. The molecule has 0 atom stereocenters. The summed E-state index contributed by atoms with van der Waals surface area (Å²) in [6.07, 6.45) is 4.17. The summed E-state index contributed by atoms with van der Waals surface area (Å²) in [5.41, 5.74) is 4.43. The Morgan fingerprint density at radius 1 is 1.15 bits per heavy atom. The van der Waals surface area contributed by atoms with Gasteiger partial charge in [0.2, 0.25) is 0 Å². The van der Waals surface area contributed by atoms with Crippen LogP contribution < -0.4 is 4.74 Å². The Hall–Kier alpha value is -3.08. The summed E-state index contributed by atoms with van der Waals surface area (Å²) >= 11 is 0. The minimum atomic E-state index is -0.358. The van der Waals surface area contributed by atoms with Gasteiger partial charge in [-0.25, -0.2) is 4.79 Å². The van der Waals surface area contributed by atoms with Crippen molar-refractivity contribution < 1.29 is 19.1 Å². The van der Waals surface area contributed by atoms with Crippen molar-refractivity contribution >= 4 is 17.8 Å². The number of methoxy groups -OCH3 is 1. The van der Waals surface area contributed by atoms with Crippen LogP contribution in [0.1, 0.15) is 29.2 Å². The number of carbonyl (C=O) groups is 1. The highest BCUT2D eigenvalue weighted by Crippen LogP contribution is 2.24. The Kier molecular flexibility index (Phi) is 7.62. The number of rotatable bonds is 8. The number of allylic oxidation sites excluding steroid dienone is 1. The number of hydrogen-bond donors (Lipinski definition) is 0. The zero-order chi connectivity index (χ0) is 19.6. The molecule has 0 amide bonds. The van der Waals surface area contributed by atoms with Crippen LogP contribution in [-0.4, -0.2) is 26.4 Å². The van der Waals surface area contributed by atoms with E-state index in [1.54, 1.807) is 12.3 Å². The average Bonchev–Trinajstić information content (AvgIpc) is 2.69. The number of aryl methyl sites for hydroxylation is 1. The van der Waals surface area contributed by atoms with Gasteiger partial charge in [0.15, 0.2) is 0 Å². The van der Waals surface area contributed by atoms with E-state index in [-0.39, 0.29) is 5.97 Å². The standard InChI is InChI=1S/C22H25NO4/c1-5-19(22(24)25-3)20-9-7-6-8-18(20)15-27-21-11-10-17(14-16(21)2)12-13-23-26-4/h5-11,13-14H,12,15H2,1-4H3. The van der Waals surface area contributed by atoms with E-state index >= 15 is 0 Å². The molecule has 0 spiro atoms. The molecule has 27 heavy (non-hydrogen) atoms. The fraction of sp³-hybridized carbons (Fsp3) is 0.273. The third-order valence-corrected chi connectivity index (χ3v) is 4.13. The number of carbonyl (C=O) groups excluding carboxylic acids is 1. The monoisotopic (exact) mass is 367 g/mol. The molecule has 5 heteroatoms. The molecule has 142 valence electrons. The van der Waals surface area contributed by atoms with Gasteiger partial charge >= 0.3 is 5.97 Å². The van der Waals surface area contributed by atoms with Crippen molar-refractivity contribution in [3.63, 3.8) is 0 Å². The number of hydrogen-bond acceptors (Lipinski definition) is 5. The quantitative estimate of drug-likeness (QED) is 0.302. The van der Waals surface area contributed by atoms with Gasteiger partial charge in [0, 0.05) is 12.6 Å². The zero-order valence-electron chi connectivity index (χ0n) is 16.2. The molecule has 2 rings (SSSR count). The van der Waals surface area contributed by atoms with Crippen molar-refractivity contribution in [2.75, 3.05) is 14.2 Å². The molecule has 0 radical (unpaired) electrons. The van der Waals surface area contributed by atoms with Gasteiger partial charge in [-0.3, -0.25) is 0 Å². The van der Waals surface area contributed by atoms with Gasteiger partial charge in [-0.1, -0.05) is 47.6 Å². The maximum Gasteiger partial charge on any atom is 0.338 e. The second-order valence-corrected chi connectivity index (χ2v) is 5.91. The third kappa shape index (κ3) is 5.45. The fourth-order valence-electron chi connectivity index (χ4n) is 2.78. The van der Waals surface area contributed by atoms with Crippen LogP contribution in [0.25, 0.3) is 5.57 Å². The summed E-state index contributed by atoms with van der Waals surface area (Å²) < 4.78 is 10.9. The molecule has 0 N–H and O–H groups in total. The van der Waals surface area contributed by atoms with Crippen molar-refractivity contribution in [1.82, 2.24) is 0 Å². The highest BCUT2D eigenvalue weighted by Gasteiger charge is 2.15. The topological polar surface area (TPSA) is 57.1 Å². The maximum atomic E-state index is 12.0. The van der Waals surface area contributed by atoms with Gasteiger partial charge in [-0.15, -0.1) is 0 Å². The SMILES string of the molecule is CC=C(C(=O)OC)c1ccccc1COc1ccc(CC=NOC)cc1C. The second kappa shape index (κ2) is 10.2. The van der Waals surface area contributed by atoms with Gasteiger partial charge in [-0.2, -0.15) is 0 Å². The van der Waals surface area contributed by atoms with Gasteiger partial charge in [0.25, 0.3) is 0 Å². The van der Waals surface area contributed by atoms with Gasteiger partial charge in [0.05, 0.1) is 12.7 Å². The molecule has 0 unspecified atom stereocenters. The summed E-state index contributed by atoms with van der Waals surface area (Å²) in [7, 11) is 2.91. The fourth-order valence-corrected chi connectivity index (χ4v) is 2.78. The Bertz CT molecular complexity index is 840. The van der Waals surface area contributed by atoms with Crippen LogP contribution in [0.5, 0.6) is 5.75 Å². The summed E-state index contributed by atoms with van der Waals surface area (Å²) in [6.45, 7) is 4.18. The molecule has 2 aromatic carbocycles. The van der Waals surface area contributed by atoms with Crippen LogP contribution in [0, 0.1) is 6.92 Å². The Morgan fingerprint density at radius 3 is 2.59 bits per heavy atom. The minimum absolute atomic E-state index is 0.357. The Morgan fingerprint density at radius 2 is 1.93 bits per heavy atom. The van der Waals surface area contributed by atoms with Crippen LogP contribution in [0.3, 0.4) is 0 Å². The van der Waals surface area contributed by atoms with E-state index in [1.807, 2.05) is 50.2 Å². The molecule has 0 aliphatic heterocycles.